The molecule has 1 aromatic heterocycles. The molecule has 0 saturated heterocycles. The van der Waals surface area contributed by atoms with Gasteiger partial charge in [0.25, 0.3) is 0 Å². The molecule has 0 aliphatic carbocycles. The minimum Gasteiger partial charge on any atom is -0.207 e. The first-order chi connectivity index (χ1) is 6.20. The molecule has 4 heteroatoms. The van der Waals surface area contributed by atoms with E-state index in [0.29, 0.717) is 5.33 Å². The first-order valence-electron chi connectivity index (χ1n) is 3.64. The van der Waals surface area contributed by atoms with E-state index in [2.05, 4.69) is 38.5 Å². The van der Waals surface area contributed by atoms with E-state index in [4.69, 9.17) is 0 Å². The van der Waals surface area contributed by atoms with Crippen LogP contribution in [0.15, 0.2) is 18.2 Å². The van der Waals surface area contributed by atoms with Gasteiger partial charge in [-0.05, 0) is 51.7 Å². The molecule has 0 bridgehead atoms. The van der Waals surface area contributed by atoms with E-state index in [9.17, 15) is 4.39 Å². The van der Waals surface area contributed by atoms with Crippen LogP contribution in [-0.4, -0.2) is 0 Å². The van der Waals surface area contributed by atoms with Crippen LogP contribution in [0.4, 0.5) is 4.39 Å². The zero-order valence-electron chi connectivity index (χ0n) is 6.48. The average Bonchev–Trinajstić information content (AvgIpc) is 2.42. The van der Waals surface area contributed by atoms with Crippen molar-refractivity contribution in [2.45, 2.75) is 5.33 Å². The highest BCUT2D eigenvalue weighted by molar-refractivity contribution is 14.1. The highest BCUT2D eigenvalue weighted by Crippen LogP contribution is 2.29. The minimum absolute atomic E-state index is 0.126. The molecule has 0 radical (unpaired) electrons. The van der Waals surface area contributed by atoms with Gasteiger partial charge in [-0.2, -0.15) is 0 Å². The number of fused-ring (bicyclic) bond motifs is 1. The van der Waals surface area contributed by atoms with Crippen molar-refractivity contribution in [3.63, 3.8) is 0 Å². The molecule has 0 aliphatic rings. The van der Waals surface area contributed by atoms with Gasteiger partial charge in [0.15, 0.2) is 0 Å². The van der Waals surface area contributed by atoms with Crippen LogP contribution < -0.4 is 0 Å². The molecule has 0 nitrogen and oxygen atoms in total. The van der Waals surface area contributed by atoms with E-state index in [0.717, 1.165) is 15.6 Å². The van der Waals surface area contributed by atoms with Crippen molar-refractivity contribution in [3.05, 3.63) is 32.5 Å². The lowest BCUT2D eigenvalue weighted by Crippen LogP contribution is -1.83. The molecule has 0 fully saturated rings. The van der Waals surface area contributed by atoms with E-state index in [1.165, 1.54) is 2.88 Å². The van der Waals surface area contributed by atoms with E-state index in [1.807, 2.05) is 12.1 Å². The highest BCUT2D eigenvalue weighted by atomic mass is 127. The monoisotopic (exact) mass is 370 g/mol. The van der Waals surface area contributed by atoms with Crippen molar-refractivity contribution in [2.75, 3.05) is 0 Å². The summed E-state index contributed by atoms with van der Waals surface area (Å²) in [7, 11) is 0. The van der Waals surface area contributed by atoms with Crippen LogP contribution in [0, 0.1) is 8.70 Å². The van der Waals surface area contributed by atoms with E-state index >= 15 is 0 Å². The Morgan fingerprint density at radius 2 is 2.15 bits per heavy atom. The third kappa shape index (κ3) is 1.89. The van der Waals surface area contributed by atoms with E-state index in [1.54, 1.807) is 17.4 Å². The minimum atomic E-state index is -0.126. The lowest BCUT2D eigenvalue weighted by atomic mass is 10.2. The Hall–Kier alpha value is 0.320. The van der Waals surface area contributed by atoms with Crippen molar-refractivity contribution in [3.8, 4) is 0 Å². The third-order valence-corrected chi connectivity index (χ3v) is 4.26. The summed E-state index contributed by atoms with van der Waals surface area (Å²) in [5.41, 5.74) is 0.728. The zero-order chi connectivity index (χ0) is 9.42. The maximum absolute atomic E-state index is 13.3. The highest BCUT2D eigenvalue weighted by Gasteiger charge is 2.05. The summed E-state index contributed by atoms with van der Waals surface area (Å²) in [6, 6.07) is 5.51. The zero-order valence-corrected chi connectivity index (χ0v) is 11.0. The number of thiophene rings is 1. The molecule has 0 amide bonds. The van der Waals surface area contributed by atoms with Gasteiger partial charge in [0.1, 0.15) is 5.82 Å². The van der Waals surface area contributed by atoms with Gasteiger partial charge >= 0.3 is 0 Å². The van der Waals surface area contributed by atoms with Gasteiger partial charge < -0.3 is 0 Å². The number of benzene rings is 1. The summed E-state index contributed by atoms with van der Waals surface area (Å²) in [6.07, 6.45) is 0. The molecule has 1 heterocycles. The molecular formula is C9H5BrFIS. The second-order valence-electron chi connectivity index (χ2n) is 2.67. The number of hydrogen-bond acceptors (Lipinski definition) is 1. The van der Waals surface area contributed by atoms with Crippen LogP contribution in [0.1, 0.15) is 5.56 Å². The van der Waals surface area contributed by atoms with Gasteiger partial charge in [-0.15, -0.1) is 11.3 Å². The standard InChI is InChI=1S/C9H5BrFIS/c10-4-6-2-8-5(1-7(6)11)3-9(12)13-8/h1-3H,4H2. The van der Waals surface area contributed by atoms with Crippen LogP contribution in [0.25, 0.3) is 10.1 Å². The summed E-state index contributed by atoms with van der Waals surface area (Å²) in [4.78, 5) is 0. The topological polar surface area (TPSA) is 0 Å². The largest absolute Gasteiger partial charge is 0.207 e. The van der Waals surface area contributed by atoms with Crippen molar-refractivity contribution in [1.82, 2.24) is 0 Å². The van der Waals surface area contributed by atoms with Crippen LogP contribution in [0.3, 0.4) is 0 Å². The maximum atomic E-state index is 13.3. The Kier molecular flexibility index (Phi) is 2.90. The molecule has 2 rings (SSSR count). The molecule has 0 aliphatic heterocycles. The lowest BCUT2D eigenvalue weighted by molar-refractivity contribution is 0.620. The molecule has 2 aromatic rings. The van der Waals surface area contributed by atoms with Gasteiger partial charge in [-0.25, -0.2) is 4.39 Å². The molecule has 68 valence electrons. The van der Waals surface area contributed by atoms with Gasteiger partial charge in [0.2, 0.25) is 0 Å². The fourth-order valence-corrected chi connectivity index (χ4v) is 3.48. The Labute approximate surface area is 101 Å². The fraction of sp³-hybridized carbons (Fsp3) is 0.111. The van der Waals surface area contributed by atoms with Gasteiger partial charge in [0, 0.05) is 10.0 Å². The molecule has 0 spiro atoms. The summed E-state index contributed by atoms with van der Waals surface area (Å²) >= 11 is 7.21. The second kappa shape index (κ2) is 3.82. The van der Waals surface area contributed by atoms with Crippen LogP contribution in [0.5, 0.6) is 0 Å². The van der Waals surface area contributed by atoms with Crippen LogP contribution in [-0.2, 0) is 5.33 Å². The predicted octanol–water partition coefficient (Wildman–Crippen LogP) is 4.54. The molecule has 1 aromatic carbocycles. The van der Waals surface area contributed by atoms with Crippen molar-refractivity contribution >= 4 is 59.9 Å². The summed E-state index contributed by atoms with van der Waals surface area (Å²) < 4.78 is 15.6. The quantitative estimate of drug-likeness (QED) is 0.510. The first kappa shape index (κ1) is 9.86. The first-order valence-corrected chi connectivity index (χ1v) is 6.66. The number of halogens is 3. The third-order valence-electron chi connectivity index (χ3n) is 1.80. The molecular weight excluding hydrogens is 366 g/mol. The average molecular weight is 371 g/mol. The fourth-order valence-electron chi connectivity index (χ4n) is 1.17. The Morgan fingerprint density at radius 1 is 1.38 bits per heavy atom. The predicted molar refractivity (Wildman–Crippen MR) is 67.1 cm³/mol. The Bertz CT molecular complexity index is 452. The van der Waals surface area contributed by atoms with Gasteiger partial charge in [-0.1, -0.05) is 15.9 Å². The van der Waals surface area contributed by atoms with Crippen molar-refractivity contribution in [2.24, 2.45) is 0 Å². The Balaban J connectivity index is 2.72. The summed E-state index contributed by atoms with van der Waals surface area (Å²) in [5.74, 6) is -0.126. The van der Waals surface area contributed by atoms with Gasteiger partial charge in [-0.3, -0.25) is 0 Å². The summed E-state index contributed by atoms with van der Waals surface area (Å²) in [6.45, 7) is 0. The van der Waals surface area contributed by atoms with E-state index in [-0.39, 0.29) is 5.82 Å². The van der Waals surface area contributed by atoms with Crippen LogP contribution in [0.2, 0.25) is 0 Å². The molecule has 0 N–H and O–H groups in total. The van der Waals surface area contributed by atoms with Crippen LogP contribution >= 0.6 is 49.9 Å². The Morgan fingerprint density at radius 3 is 2.85 bits per heavy atom. The second-order valence-corrected chi connectivity index (χ2v) is 6.20. The van der Waals surface area contributed by atoms with Crippen molar-refractivity contribution < 1.29 is 4.39 Å². The molecule has 13 heavy (non-hydrogen) atoms. The molecule has 0 saturated carbocycles. The van der Waals surface area contributed by atoms with Crippen molar-refractivity contribution in [1.29, 1.82) is 0 Å². The summed E-state index contributed by atoms with van der Waals surface area (Å²) in [5, 5.41) is 1.57. The number of hydrogen-bond donors (Lipinski definition) is 0. The maximum Gasteiger partial charge on any atom is 0.127 e. The number of rotatable bonds is 1. The lowest BCUT2D eigenvalue weighted by Gasteiger charge is -1.97. The smallest absolute Gasteiger partial charge is 0.127 e. The van der Waals surface area contributed by atoms with Gasteiger partial charge in [0.05, 0.1) is 2.88 Å². The number of alkyl halides is 1. The van der Waals surface area contributed by atoms with E-state index < -0.39 is 0 Å². The molecule has 0 unspecified atom stereocenters. The normalized spacial score (nSPS) is 11.0. The molecule has 0 atom stereocenters. The SMILES string of the molecule is Fc1cc2cc(I)sc2cc1CBr.